The Balaban J connectivity index is 2.44. The first-order chi connectivity index (χ1) is 5.69. The molecular weight excluding hydrogens is 156 g/mol. The number of likely N-dealkylation sites (tertiary alicyclic amines) is 1. The Morgan fingerprint density at radius 2 is 1.92 bits per heavy atom. The number of hydrogen-bond donors (Lipinski definition) is 3. The van der Waals surface area contributed by atoms with Gasteiger partial charge in [-0.05, 0) is 6.42 Å². The van der Waals surface area contributed by atoms with Crippen LogP contribution < -0.4 is 5.73 Å². The molecular formula is C8H18N2O2. The van der Waals surface area contributed by atoms with E-state index >= 15 is 0 Å². The van der Waals surface area contributed by atoms with Gasteiger partial charge in [-0.1, -0.05) is 6.92 Å². The summed E-state index contributed by atoms with van der Waals surface area (Å²) in [5, 5.41) is 18.6. The maximum absolute atomic E-state index is 9.28. The Labute approximate surface area is 73.0 Å². The summed E-state index contributed by atoms with van der Waals surface area (Å²) >= 11 is 0. The van der Waals surface area contributed by atoms with Gasteiger partial charge in [0.15, 0.2) is 0 Å². The fourth-order valence-electron chi connectivity index (χ4n) is 1.67. The largest absolute Gasteiger partial charge is 0.389 e. The second-order valence-corrected chi connectivity index (χ2v) is 3.39. The van der Waals surface area contributed by atoms with Crippen molar-refractivity contribution in [2.45, 2.75) is 31.6 Å². The SMILES string of the molecule is CCC(CN)N1CC(O)C(O)C1. The number of hydrogen-bond acceptors (Lipinski definition) is 4. The zero-order chi connectivity index (χ0) is 9.14. The van der Waals surface area contributed by atoms with Crippen LogP contribution in [0.3, 0.4) is 0 Å². The fourth-order valence-corrected chi connectivity index (χ4v) is 1.67. The Bertz CT molecular complexity index is 129. The summed E-state index contributed by atoms with van der Waals surface area (Å²) in [6.45, 7) is 3.76. The number of nitrogens with two attached hydrogens (primary N) is 1. The van der Waals surface area contributed by atoms with E-state index in [1.807, 2.05) is 0 Å². The average Bonchev–Trinajstić information content (AvgIpc) is 2.35. The minimum absolute atomic E-state index is 0.303. The zero-order valence-corrected chi connectivity index (χ0v) is 7.48. The van der Waals surface area contributed by atoms with Crippen molar-refractivity contribution in [2.24, 2.45) is 5.73 Å². The lowest BCUT2D eigenvalue weighted by molar-refractivity contribution is 0.0572. The smallest absolute Gasteiger partial charge is 0.0938 e. The van der Waals surface area contributed by atoms with E-state index < -0.39 is 12.2 Å². The summed E-state index contributed by atoms with van der Waals surface area (Å²) in [5.41, 5.74) is 5.55. The molecule has 1 aliphatic heterocycles. The summed E-state index contributed by atoms with van der Waals surface area (Å²) in [6, 6.07) is 0.303. The predicted molar refractivity (Wildman–Crippen MR) is 46.7 cm³/mol. The number of aliphatic hydroxyl groups is 2. The van der Waals surface area contributed by atoms with E-state index in [1.54, 1.807) is 0 Å². The van der Waals surface area contributed by atoms with Gasteiger partial charge in [0.2, 0.25) is 0 Å². The van der Waals surface area contributed by atoms with Crippen molar-refractivity contribution < 1.29 is 10.2 Å². The quantitative estimate of drug-likeness (QED) is 0.500. The molecule has 0 radical (unpaired) electrons. The number of β-amino-alcohol motifs (C(OH)–C–C–N with tert-alkyl or cyclic N) is 2. The van der Waals surface area contributed by atoms with E-state index in [9.17, 15) is 10.2 Å². The van der Waals surface area contributed by atoms with E-state index in [1.165, 1.54) is 0 Å². The van der Waals surface area contributed by atoms with Gasteiger partial charge in [0, 0.05) is 25.7 Å². The highest BCUT2D eigenvalue weighted by Gasteiger charge is 2.32. The molecule has 1 fully saturated rings. The lowest BCUT2D eigenvalue weighted by Crippen LogP contribution is -2.39. The molecule has 4 N–H and O–H groups in total. The summed E-state index contributed by atoms with van der Waals surface area (Å²) < 4.78 is 0. The molecule has 4 nitrogen and oxygen atoms in total. The van der Waals surface area contributed by atoms with Crippen LogP contribution in [0.5, 0.6) is 0 Å². The second kappa shape index (κ2) is 4.18. The second-order valence-electron chi connectivity index (χ2n) is 3.39. The summed E-state index contributed by atoms with van der Waals surface area (Å²) in [4.78, 5) is 2.05. The highest BCUT2D eigenvalue weighted by atomic mass is 16.3. The van der Waals surface area contributed by atoms with E-state index in [-0.39, 0.29) is 0 Å². The first-order valence-corrected chi connectivity index (χ1v) is 4.49. The minimum atomic E-state index is -0.592. The van der Waals surface area contributed by atoms with Crippen LogP contribution in [-0.2, 0) is 0 Å². The van der Waals surface area contributed by atoms with E-state index in [0.29, 0.717) is 25.7 Å². The molecule has 12 heavy (non-hydrogen) atoms. The minimum Gasteiger partial charge on any atom is -0.389 e. The highest BCUT2D eigenvalue weighted by molar-refractivity contribution is 4.87. The highest BCUT2D eigenvalue weighted by Crippen LogP contribution is 2.14. The Hall–Kier alpha value is -0.160. The molecule has 0 aromatic heterocycles. The van der Waals surface area contributed by atoms with Gasteiger partial charge < -0.3 is 15.9 Å². The molecule has 0 aromatic carbocycles. The third-order valence-corrected chi connectivity index (χ3v) is 2.55. The summed E-state index contributed by atoms with van der Waals surface area (Å²) in [6.07, 6.45) is -0.216. The first-order valence-electron chi connectivity index (χ1n) is 4.49. The van der Waals surface area contributed by atoms with Crippen molar-refractivity contribution in [1.29, 1.82) is 0 Å². The van der Waals surface area contributed by atoms with Crippen molar-refractivity contribution in [3.63, 3.8) is 0 Å². The van der Waals surface area contributed by atoms with E-state index in [4.69, 9.17) is 5.73 Å². The van der Waals surface area contributed by atoms with Crippen LogP contribution in [0.1, 0.15) is 13.3 Å². The van der Waals surface area contributed by atoms with Gasteiger partial charge in [-0.3, -0.25) is 4.90 Å². The molecule has 1 heterocycles. The molecule has 1 saturated heterocycles. The molecule has 4 heteroatoms. The van der Waals surface area contributed by atoms with Crippen LogP contribution in [0.15, 0.2) is 0 Å². The van der Waals surface area contributed by atoms with Crippen molar-refractivity contribution in [2.75, 3.05) is 19.6 Å². The van der Waals surface area contributed by atoms with Crippen LogP contribution in [0.2, 0.25) is 0 Å². The molecule has 0 bridgehead atoms. The van der Waals surface area contributed by atoms with Crippen LogP contribution in [0.25, 0.3) is 0 Å². The fraction of sp³-hybridized carbons (Fsp3) is 1.00. The summed E-state index contributed by atoms with van der Waals surface area (Å²) in [7, 11) is 0. The van der Waals surface area contributed by atoms with Crippen molar-refractivity contribution in [3.8, 4) is 0 Å². The molecule has 1 rings (SSSR count). The standard InChI is InChI=1S/C8H18N2O2/c1-2-6(3-9)10-4-7(11)8(12)5-10/h6-8,11-12H,2-5,9H2,1H3. The molecule has 0 aliphatic carbocycles. The maximum Gasteiger partial charge on any atom is 0.0938 e. The van der Waals surface area contributed by atoms with E-state index in [2.05, 4.69) is 11.8 Å². The van der Waals surface area contributed by atoms with Gasteiger partial charge >= 0.3 is 0 Å². The van der Waals surface area contributed by atoms with Gasteiger partial charge in [-0.25, -0.2) is 0 Å². The van der Waals surface area contributed by atoms with Crippen LogP contribution in [0, 0.1) is 0 Å². The van der Waals surface area contributed by atoms with Crippen LogP contribution in [0.4, 0.5) is 0 Å². The zero-order valence-electron chi connectivity index (χ0n) is 7.48. The third-order valence-electron chi connectivity index (χ3n) is 2.55. The molecule has 1 aliphatic rings. The van der Waals surface area contributed by atoms with E-state index in [0.717, 1.165) is 6.42 Å². The topological polar surface area (TPSA) is 69.7 Å². The van der Waals surface area contributed by atoms with Crippen LogP contribution >= 0.6 is 0 Å². The number of aliphatic hydroxyl groups excluding tert-OH is 2. The van der Waals surface area contributed by atoms with Crippen molar-refractivity contribution in [1.82, 2.24) is 4.90 Å². The lowest BCUT2D eigenvalue weighted by Gasteiger charge is -2.24. The first kappa shape index (κ1) is 9.92. The number of rotatable bonds is 3. The van der Waals surface area contributed by atoms with Crippen LogP contribution in [-0.4, -0.2) is 53.0 Å². The Morgan fingerprint density at radius 1 is 1.42 bits per heavy atom. The maximum atomic E-state index is 9.28. The molecule has 0 saturated carbocycles. The molecule has 3 unspecified atom stereocenters. The Morgan fingerprint density at radius 3 is 2.25 bits per heavy atom. The molecule has 0 amide bonds. The molecule has 72 valence electrons. The predicted octanol–water partition coefficient (Wildman–Crippen LogP) is -1.24. The molecule has 0 spiro atoms. The summed E-state index contributed by atoms with van der Waals surface area (Å²) in [5.74, 6) is 0. The van der Waals surface area contributed by atoms with Gasteiger partial charge in [0.1, 0.15) is 0 Å². The van der Waals surface area contributed by atoms with Gasteiger partial charge in [0.05, 0.1) is 12.2 Å². The van der Waals surface area contributed by atoms with Crippen molar-refractivity contribution >= 4 is 0 Å². The normalized spacial score (nSPS) is 34.0. The number of nitrogens with zero attached hydrogens (tertiary/aromatic N) is 1. The monoisotopic (exact) mass is 174 g/mol. The van der Waals surface area contributed by atoms with Gasteiger partial charge in [-0.15, -0.1) is 0 Å². The van der Waals surface area contributed by atoms with Gasteiger partial charge in [0.25, 0.3) is 0 Å². The average molecular weight is 174 g/mol. The Kier molecular flexibility index (Phi) is 3.46. The third kappa shape index (κ3) is 1.95. The van der Waals surface area contributed by atoms with Crippen molar-refractivity contribution in [3.05, 3.63) is 0 Å². The van der Waals surface area contributed by atoms with Gasteiger partial charge in [-0.2, -0.15) is 0 Å². The molecule has 0 aromatic rings. The lowest BCUT2D eigenvalue weighted by atomic mass is 10.2. The molecule has 3 atom stereocenters.